The van der Waals surface area contributed by atoms with Crippen LogP contribution in [0.5, 0.6) is 0 Å². The van der Waals surface area contributed by atoms with E-state index in [9.17, 15) is 0 Å². The lowest BCUT2D eigenvalue weighted by atomic mass is 10.0. The molecule has 0 unspecified atom stereocenters. The average molecular weight is 389 g/mol. The van der Waals surface area contributed by atoms with Crippen LogP contribution in [0.25, 0.3) is 10.8 Å². The summed E-state index contributed by atoms with van der Waals surface area (Å²) in [5.74, 6) is 8.43. The van der Waals surface area contributed by atoms with E-state index in [0.717, 1.165) is 16.7 Å². The summed E-state index contributed by atoms with van der Waals surface area (Å²) in [6, 6.07) is 23.4. The van der Waals surface area contributed by atoms with Crippen molar-refractivity contribution in [1.29, 1.82) is 0 Å². The number of thioether (sulfide) groups is 1. The quantitative estimate of drug-likeness (QED) is 0.366. The molecule has 4 nitrogen and oxygen atoms in total. The van der Waals surface area contributed by atoms with E-state index in [1.165, 1.54) is 27.5 Å². The molecule has 0 bridgehead atoms. The van der Waals surface area contributed by atoms with Crippen molar-refractivity contribution in [2.24, 2.45) is 0 Å². The number of aromatic nitrogens is 3. The minimum absolute atomic E-state index is 0.547. The van der Waals surface area contributed by atoms with Gasteiger partial charge in [-0.1, -0.05) is 92.3 Å². The Morgan fingerprint density at radius 2 is 1.68 bits per heavy atom. The molecular weight excluding hydrogens is 364 g/mol. The average Bonchev–Trinajstić information content (AvgIpc) is 3.06. The molecule has 2 N–H and O–H groups in total. The van der Waals surface area contributed by atoms with E-state index >= 15 is 0 Å². The summed E-state index contributed by atoms with van der Waals surface area (Å²) in [6.45, 7) is 4.41. The number of nitrogens with two attached hydrogens (primary N) is 1. The molecule has 4 aromatic rings. The van der Waals surface area contributed by atoms with E-state index < -0.39 is 0 Å². The van der Waals surface area contributed by atoms with Crippen molar-refractivity contribution in [2.45, 2.75) is 37.1 Å². The van der Waals surface area contributed by atoms with Crippen molar-refractivity contribution in [2.75, 3.05) is 5.84 Å². The summed E-state index contributed by atoms with van der Waals surface area (Å²) in [5, 5.41) is 11.8. The molecule has 3 aromatic carbocycles. The molecule has 28 heavy (non-hydrogen) atoms. The zero-order valence-corrected chi connectivity index (χ0v) is 17.0. The van der Waals surface area contributed by atoms with Gasteiger partial charge in [0.1, 0.15) is 0 Å². The summed E-state index contributed by atoms with van der Waals surface area (Å²) in [5.41, 5.74) is 3.82. The monoisotopic (exact) mass is 388 g/mol. The first-order valence-corrected chi connectivity index (χ1v) is 10.5. The second-order valence-electron chi connectivity index (χ2n) is 7.27. The van der Waals surface area contributed by atoms with Crippen LogP contribution in [0.3, 0.4) is 0 Å². The van der Waals surface area contributed by atoms with E-state index in [1.807, 2.05) is 0 Å². The maximum absolute atomic E-state index is 6.29. The molecule has 1 heterocycles. The Bertz CT molecular complexity index is 1080. The first-order valence-electron chi connectivity index (χ1n) is 9.49. The lowest BCUT2D eigenvalue weighted by Crippen LogP contribution is -2.14. The first kappa shape index (κ1) is 18.6. The Morgan fingerprint density at radius 3 is 2.46 bits per heavy atom. The number of benzene rings is 3. The minimum Gasteiger partial charge on any atom is -0.336 e. The van der Waals surface area contributed by atoms with Crippen LogP contribution >= 0.6 is 11.8 Å². The normalized spacial score (nSPS) is 11.4. The van der Waals surface area contributed by atoms with Crippen molar-refractivity contribution in [3.63, 3.8) is 0 Å². The molecule has 0 aliphatic carbocycles. The summed E-state index contributed by atoms with van der Waals surface area (Å²) >= 11 is 1.61. The molecule has 0 radical (unpaired) electrons. The maximum Gasteiger partial charge on any atom is 0.210 e. The minimum atomic E-state index is 0.547. The molecule has 0 atom stereocenters. The van der Waals surface area contributed by atoms with Gasteiger partial charge >= 0.3 is 0 Å². The Kier molecular flexibility index (Phi) is 5.35. The van der Waals surface area contributed by atoms with Crippen LogP contribution in [-0.4, -0.2) is 14.9 Å². The standard InChI is InChI=1S/C23H24N4S/c1-16(2)18-12-10-17(11-13-18)15-28-23-26-25-22(27(23)24)14-20-8-5-7-19-6-3-4-9-21(19)20/h3-13,16H,14-15,24H2,1-2H3. The van der Waals surface area contributed by atoms with Crippen molar-refractivity contribution in [3.05, 3.63) is 89.2 Å². The van der Waals surface area contributed by atoms with Gasteiger partial charge in [-0.3, -0.25) is 0 Å². The predicted octanol–water partition coefficient (Wildman–Crippen LogP) is 5.15. The summed E-state index contributed by atoms with van der Waals surface area (Å²) in [4.78, 5) is 0. The highest BCUT2D eigenvalue weighted by Crippen LogP contribution is 2.24. The van der Waals surface area contributed by atoms with Gasteiger partial charge in [0.05, 0.1) is 0 Å². The Labute approximate surface area is 169 Å². The van der Waals surface area contributed by atoms with Gasteiger partial charge in [-0.25, -0.2) is 4.68 Å². The van der Waals surface area contributed by atoms with Gasteiger partial charge in [0.2, 0.25) is 5.16 Å². The third kappa shape index (κ3) is 3.90. The number of fused-ring (bicyclic) bond motifs is 1. The van der Waals surface area contributed by atoms with Crippen molar-refractivity contribution < 1.29 is 0 Å². The highest BCUT2D eigenvalue weighted by molar-refractivity contribution is 7.98. The van der Waals surface area contributed by atoms with Crippen LogP contribution < -0.4 is 5.84 Å². The Balaban J connectivity index is 1.48. The number of nitrogens with zero attached hydrogens (tertiary/aromatic N) is 3. The van der Waals surface area contributed by atoms with Crippen LogP contribution in [0.1, 0.15) is 42.3 Å². The largest absolute Gasteiger partial charge is 0.336 e. The van der Waals surface area contributed by atoms with Crippen molar-refractivity contribution in [1.82, 2.24) is 14.9 Å². The molecule has 4 rings (SSSR count). The van der Waals surface area contributed by atoms with Crippen LogP contribution in [0.2, 0.25) is 0 Å². The molecule has 0 amide bonds. The van der Waals surface area contributed by atoms with E-state index in [1.54, 1.807) is 16.4 Å². The van der Waals surface area contributed by atoms with Gasteiger partial charge in [0.15, 0.2) is 5.82 Å². The smallest absolute Gasteiger partial charge is 0.210 e. The fourth-order valence-corrected chi connectivity index (χ4v) is 4.12. The van der Waals surface area contributed by atoms with Crippen molar-refractivity contribution >= 4 is 22.5 Å². The van der Waals surface area contributed by atoms with Crippen LogP contribution in [0, 0.1) is 0 Å². The number of rotatable bonds is 6. The van der Waals surface area contributed by atoms with Crippen LogP contribution in [-0.2, 0) is 12.2 Å². The van der Waals surface area contributed by atoms with E-state index in [2.05, 4.69) is 90.8 Å². The van der Waals surface area contributed by atoms with Gasteiger partial charge in [-0.2, -0.15) is 0 Å². The fourth-order valence-electron chi connectivity index (χ4n) is 3.29. The third-order valence-electron chi connectivity index (χ3n) is 4.98. The predicted molar refractivity (Wildman–Crippen MR) is 117 cm³/mol. The SMILES string of the molecule is CC(C)c1ccc(CSc2nnc(Cc3cccc4ccccc34)n2N)cc1. The summed E-state index contributed by atoms with van der Waals surface area (Å²) in [6.07, 6.45) is 0.661. The molecule has 0 spiro atoms. The van der Waals surface area contributed by atoms with Crippen LogP contribution in [0.15, 0.2) is 71.9 Å². The number of hydrogen-bond acceptors (Lipinski definition) is 4. The molecule has 0 fully saturated rings. The molecule has 0 saturated heterocycles. The van der Waals surface area contributed by atoms with Crippen molar-refractivity contribution in [3.8, 4) is 0 Å². The molecule has 0 aliphatic heterocycles. The third-order valence-corrected chi connectivity index (χ3v) is 5.99. The fraction of sp³-hybridized carbons (Fsp3) is 0.217. The molecule has 0 aliphatic rings. The molecule has 1 aromatic heterocycles. The zero-order chi connectivity index (χ0) is 19.5. The zero-order valence-electron chi connectivity index (χ0n) is 16.2. The van der Waals surface area contributed by atoms with Gasteiger partial charge < -0.3 is 5.84 Å². The van der Waals surface area contributed by atoms with E-state index in [-0.39, 0.29) is 0 Å². The number of nitrogen functional groups attached to an aromatic ring is 1. The lowest BCUT2D eigenvalue weighted by molar-refractivity contribution is 0.806. The summed E-state index contributed by atoms with van der Waals surface area (Å²) in [7, 11) is 0. The topological polar surface area (TPSA) is 56.7 Å². The molecule has 142 valence electrons. The molecular formula is C23H24N4S. The van der Waals surface area contributed by atoms with Gasteiger partial charge in [-0.05, 0) is 33.4 Å². The highest BCUT2D eigenvalue weighted by atomic mass is 32.2. The Morgan fingerprint density at radius 1 is 0.929 bits per heavy atom. The van der Waals surface area contributed by atoms with Gasteiger partial charge in [-0.15, -0.1) is 10.2 Å². The molecule has 5 heteroatoms. The Hall–Kier alpha value is -2.79. The lowest BCUT2D eigenvalue weighted by Gasteiger charge is -2.08. The highest BCUT2D eigenvalue weighted by Gasteiger charge is 2.12. The van der Waals surface area contributed by atoms with E-state index in [0.29, 0.717) is 12.3 Å². The van der Waals surface area contributed by atoms with Crippen LogP contribution in [0.4, 0.5) is 0 Å². The maximum atomic E-state index is 6.29. The van der Waals surface area contributed by atoms with Gasteiger partial charge in [0.25, 0.3) is 0 Å². The molecule has 0 saturated carbocycles. The second kappa shape index (κ2) is 8.07. The first-order chi connectivity index (χ1) is 13.6. The van der Waals surface area contributed by atoms with Gasteiger partial charge in [0, 0.05) is 12.2 Å². The van der Waals surface area contributed by atoms with E-state index in [4.69, 9.17) is 5.84 Å². The summed E-state index contributed by atoms with van der Waals surface area (Å²) < 4.78 is 1.62. The number of hydrogen-bond donors (Lipinski definition) is 1. The second-order valence-corrected chi connectivity index (χ2v) is 8.21.